The van der Waals surface area contributed by atoms with E-state index in [4.69, 9.17) is 21.4 Å². The second kappa shape index (κ2) is 5.25. The van der Waals surface area contributed by atoms with Crippen LogP contribution in [-0.2, 0) is 15.5 Å². The molecule has 0 saturated heterocycles. The summed E-state index contributed by atoms with van der Waals surface area (Å²) in [5.74, 6) is -0.923. The van der Waals surface area contributed by atoms with Crippen LogP contribution < -0.4 is 0 Å². The molecule has 0 saturated carbocycles. The highest BCUT2D eigenvalue weighted by Gasteiger charge is 2.34. The van der Waals surface area contributed by atoms with E-state index in [2.05, 4.69) is 0 Å². The Morgan fingerprint density at radius 3 is 2.06 bits per heavy atom. The molecule has 90 valence electrons. The fourth-order valence-corrected chi connectivity index (χ4v) is 7.06. The van der Waals surface area contributed by atoms with Gasteiger partial charge in [0.1, 0.15) is 0 Å². The van der Waals surface area contributed by atoms with E-state index in [1.807, 2.05) is 0 Å². The lowest BCUT2D eigenvalue weighted by Gasteiger charge is -2.02. The second-order valence-corrected chi connectivity index (χ2v) is 10.2. The molecule has 0 heterocycles. The number of hydrogen-bond acceptors (Lipinski definition) is 1. The van der Waals surface area contributed by atoms with Crippen molar-refractivity contribution < 1.29 is 24.1 Å². The van der Waals surface area contributed by atoms with Crippen LogP contribution >= 0.6 is 25.7 Å². The normalized spacial score (nSPS) is 12.6. The summed E-state index contributed by atoms with van der Waals surface area (Å²) in [6.45, 7) is -3.69. The molecule has 0 radical (unpaired) electrons. The Morgan fingerprint density at radius 2 is 1.62 bits per heavy atom. The summed E-state index contributed by atoms with van der Waals surface area (Å²) < 4.78 is 10.7. The Bertz CT molecular complexity index is 462. The third kappa shape index (κ3) is 5.53. The van der Waals surface area contributed by atoms with Crippen molar-refractivity contribution in [1.82, 2.24) is 0 Å². The molecular weight excluding hydrogens is 294 g/mol. The van der Waals surface area contributed by atoms with Crippen LogP contribution in [0.1, 0.15) is 0 Å². The maximum absolute atomic E-state index is 10.7. The van der Waals surface area contributed by atoms with Crippen molar-refractivity contribution in [2.24, 2.45) is 0 Å². The van der Waals surface area contributed by atoms with Crippen LogP contribution in [0.3, 0.4) is 0 Å². The van der Waals surface area contributed by atoms with Gasteiger partial charge in [0.25, 0.3) is 10.9 Å². The van der Waals surface area contributed by atoms with Crippen molar-refractivity contribution in [2.45, 2.75) is 4.90 Å². The monoisotopic (exact) mass is 303 g/mol. The Labute approximate surface area is 101 Å². The molecule has 0 atom stereocenters. The van der Waals surface area contributed by atoms with E-state index < -0.39 is 20.0 Å². The number of benzene rings is 1. The van der Waals surface area contributed by atoms with E-state index in [0.717, 1.165) is 0 Å². The molecule has 0 aliphatic rings. The van der Waals surface area contributed by atoms with Crippen molar-refractivity contribution >= 4 is 36.6 Å². The summed E-state index contributed by atoms with van der Waals surface area (Å²) in [7, 11) is -3.78. The molecule has 0 aromatic heterocycles. The van der Waals surface area contributed by atoms with Crippen LogP contribution in [0.4, 0.5) is 0 Å². The summed E-state index contributed by atoms with van der Waals surface area (Å²) >= 11 is 5.64. The SMILES string of the molecule is O=P(O)(O)CP(O)(O)=[S+]c1ccc(Cl)cc1. The maximum Gasteiger partial charge on any atom is 0.390 e. The van der Waals surface area contributed by atoms with Gasteiger partial charge in [-0.25, -0.2) is 0 Å². The number of rotatable bonds is 3. The first kappa shape index (κ1) is 14.3. The Balaban J connectivity index is 2.98. The van der Waals surface area contributed by atoms with Crippen molar-refractivity contribution in [1.29, 1.82) is 0 Å². The van der Waals surface area contributed by atoms with Gasteiger partial charge in [-0.2, -0.15) is 0 Å². The zero-order valence-corrected chi connectivity index (χ0v) is 11.3. The van der Waals surface area contributed by atoms with E-state index >= 15 is 0 Å². The van der Waals surface area contributed by atoms with Gasteiger partial charge < -0.3 is 19.6 Å². The van der Waals surface area contributed by atoms with Gasteiger partial charge >= 0.3 is 14.1 Å². The molecule has 16 heavy (non-hydrogen) atoms. The van der Waals surface area contributed by atoms with Crippen LogP contribution in [0.5, 0.6) is 0 Å². The predicted octanol–water partition coefficient (Wildman–Crippen LogP) is 1.66. The molecule has 0 aliphatic carbocycles. The Hall–Kier alpha value is 0.230. The zero-order valence-electron chi connectivity index (χ0n) is 7.89. The van der Waals surface area contributed by atoms with Gasteiger partial charge in [0.15, 0.2) is 5.90 Å². The van der Waals surface area contributed by atoms with Crippen LogP contribution in [0.15, 0.2) is 29.2 Å². The third-order valence-corrected chi connectivity index (χ3v) is 7.96. The van der Waals surface area contributed by atoms with Crippen molar-refractivity contribution in [3.05, 3.63) is 29.3 Å². The second-order valence-electron chi connectivity index (χ2n) is 3.02. The van der Waals surface area contributed by atoms with E-state index in [1.165, 1.54) is 0 Å². The number of hydrogen-bond donors (Lipinski definition) is 4. The molecule has 1 aromatic carbocycles. The van der Waals surface area contributed by atoms with E-state index in [-0.39, 0.29) is 0 Å². The number of halogens is 1. The van der Waals surface area contributed by atoms with Crippen LogP contribution in [-0.4, -0.2) is 25.5 Å². The average Bonchev–Trinajstić information content (AvgIpc) is 2.04. The lowest BCUT2D eigenvalue weighted by atomic mass is 10.4. The molecular formula is C7H10ClO5P2S+. The lowest BCUT2D eigenvalue weighted by molar-refractivity contribution is 0.375. The van der Waals surface area contributed by atoms with Gasteiger partial charge in [-0.05, 0) is 12.1 Å². The minimum atomic E-state index is -4.43. The molecule has 0 amide bonds. The fraction of sp³-hybridized carbons (Fsp3) is 0.143. The molecule has 5 nitrogen and oxygen atoms in total. The largest absolute Gasteiger partial charge is 0.390 e. The average molecular weight is 304 g/mol. The molecule has 0 fully saturated rings. The fourth-order valence-electron chi connectivity index (χ4n) is 0.933. The molecule has 0 aliphatic heterocycles. The third-order valence-electron chi connectivity index (χ3n) is 1.43. The van der Waals surface area contributed by atoms with Crippen LogP contribution in [0, 0.1) is 0 Å². The molecule has 1 rings (SSSR count). The summed E-state index contributed by atoms with van der Waals surface area (Å²) in [5, 5.41) is 0.499. The minimum absolute atomic E-state index is 0.496. The molecule has 0 unspecified atom stereocenters. The van der Waals surface area contributed by atoms with Gasteiger partial charge in [0.05, 0.1) is 0 Å². The Kier molecular flexibility index (Phi) is 4.69. The minimum Gasteiger partial charge on any atom is -0.324 e. The van der Waals surface area contributed by atoms with Gasteiger partial charge in [0, 0.05) is 17.2 Å². The van der Waals surface area contributed by atoms with Crippen molar-refractivity contribution in [3.8, 4) is 0 Å². The Morgan fingerprint density at radius 1 is 1.12 bits per heavy atom. The van der Waals surface area contributed by atoms with E-state index in [9.17, 15) is 14.4 Å². The predicted molar refractivity (Wildman–Crippen MR) is 65.4 cm³/mol. The van der Waals surface area contributed by atoms with E-state index in [1.54, 1.807) is 24.3 Å². The summed E-state index contributed by atoms with van der Waals surface area (Å²) in [6, 6.07) is 6.21. The van der Waals surface area contributed by atoms with Crippen molar-refractivity contribution in [2.75, 3.05) is 5.90 Å². The summed E-state index contributed by atoms with van der Waals surface area (Å²) in [5.41, 5.74) is 0. The molecule has 9 heteroatoms. The van der Waals surface area contributed by atoms with Gasteiger partial charge in [-0.3, -0.25) is 4.57 Å². The maximum atomic E-state index is 10.7. The van der Waals surface area contributed by atoms with Crippen molar-refractivity contribution in [3.63, 3.8) is 0 Å². The first-order valence-electron chi connectivity index (χ1n) is 4.01. The van der Waals surface area contributed by atoms with Gasteiger partial charge in [-0.15, -0.1) is 0 Å². The summed E-state index contributed by atoms with van der Waals surface area (Å²) in [4.78, 5) is 36.8. The zero-order chi connectivity index (χ0) is 12.4. The van der Waals surface area contributed by atoms with Crippen LogP contribution in [0.25, 0.3) is 0 Å². The molecule has 1 aromatic rings. The summed E-state index contributed by atoms with van der Waals surface area (Å²) in [6.07, 6.45) is 0. The lowest BCUT2D eigenvalue weighted by Crippen LogP contribution is -1.91. The smallest absolute Gasteiger partial charge is 0.324 e. The molecule has 0 spiro atoms. The molecule has 4 N–H and O–H groups in total. The highest BCUT2D eigenvalue weighted by atomic mass is 35.5. The quantitative estimate of drug-likeness (QED) is 0.503. The van der Waals surface area contributed by atoms with E-state index in [0.29, 0.717) is 20.9 Å². The standard InChI is InChI=1S/C7H9ClO5P2S/c8-6-1-3-7(4-2-6)16-15(12,13)5-14(9,10)11/h1-4H,5H2,(H3-,9,10,11,12,13)/p+1. The first-order chi connectivity index (χ1) is 7.18. The molecule has 0 bridgehead atoms. The highest BCUT2D eigenvalue weighted by Crippen LogP contribution is 2.53. The topological polar surface area (TPSA) is 98.0 Å². The van der Waals surface area contributed by atoms with Gasteiger partial charge in [-0.1, -0.05) is 11.6 Å². The van der Waals surface area contributed by atoms with Gasteiger partial charge in [0.2, 0.25) is 4.90 Å². The highest BCUT2D eigenvalue weighted by molar-refractivity contribution is 8.20. The first-order valence-corrected chi connectivity index (χ1v) is 9.49. The van der Waals surface area contributed by atoms with Crippen LogP contribution in [0.2, 0.25) is 5.02 Å².